The van der Waals surface area contributed by atoms with Gasteiger partial charge in [0, 0.05) is 37.6 Å². The summed E-state index contributed by atoms with van der Waals surface area (Å²) in [6, 6.07) is 3.25. The van der Waals surface area contributed by atoms with E-state index in [0.717, 1.165) is 6.26 Å². The second-order valence-electron chi connectivity index (χ2n) is 10.4. The van der Waals surface area contributed by atoms with Gasteiger partial charge < -0.3 is 26.0 Å². The molecule has 0 aliphatic carbocycles. The number of rotatable bonds is 14. The number of aromatic nitrogens is 1. The summed E-state index contributed by atoms with van der Waals surface area (Å²) in [5, 5.41) is 6.17. The van der Waals surface area contributed by atoms with Crippen molar-refractivity contribution in [1.29, 1.82) is 0 Å². The Bertz CT molecular complexity index is 1510. The number of ether oxygens (including phenoxy) is 1. The number of esters is 1. The molecule has 15 heteroatoms. The van der Waals surface area contributed by atoms with Gasteiger partial charge >= 0.3 is 12.0 Å². The minimum absolute atomic E-state index is 0.152. The third-order valence-corrected chi connectivity index (χ3v) is 9.16. The lowest BCUT2D eigenvalue weighted by Gasteiger charge is -2.40. The third kappa shape index (κ3) is 8.55. The summed E-state index contributed by atoms with van der Waals surface area (Å²) in [6.45, 7) is 11.8. The molecule has 242 valence electrons. The van der Waals surface area contributed by atoms with Crippen LogP contribution in [0.15, 0.2) is 35.7 Å². The fourth-order valence-corrected chi connectivity index (χ4v) is 6.28. The molecule has 2 amide bonds. The molecule has 0 spiro atoms. The van der Waals surface area contributed by atoms with Crippen molar-refractivity contribution in [3.8, 4) is 0 Å². The number of urea groups is 1. The number of carbonyl (C=O) groups is 2. The molecule has 0 saturated carbocycles. The zero-order chi connectivity index (χ0) is 32.5. The standard InChI is InChI=1S/C29H43N7O6S2/c1-7-29(26(37)41-9-3)10-12-35(13-11-29)20(4)33-17-23(16-30)21-14-22(18-42-44(6,39)40)25-24(15-21)34-28(43-25)36(19-31-5)27(38)32-8-2/h14-17,31H,4,7-13,18-19,30H2,1-3,5-6H3,(H,32,38)/b23-16+,33-17-. The molecule has 1 fully saturated rings. The second kappa shape index (κ2) is 15.5. The summed E-state index contributed by atoms with van der Waals surface area (Å²) >= 11 is 1.25. The minimum atomic E-state index is -3.73. The van der Waals surface area contributed by atoms with Gasteiger partial charge in [0.2, 0.25) is 0 Å². The van der Waals surface area contributed by atoms with Crippen LogP contribution in [0.3, 0.4) is 0 Å². The molecule has 0 radical (unpaired) electrons. The van der Waals surface area contributed by atoms with Gasteiger partial charge in [-0.1, -0.05) is 24.8 Å². The third-order valence-electron chi connectivity index (χ3n) is 7.44. The number of nitrogens with two attached hydrogens (primary N) is 1. The number of piperidine rings is 1. The van der Waals surface area contributed by atoms with Gasteiger partial charge in [0.1, 0.15) is 5.82 Å². The lowest BCUT2D eigenvalue weighted by atomic mass is 9.76. The molecule has 4 N–H and O–H groups in total. The number of fused-ring (bicyclic) bond motifs is 1. The Balaban J connectivity index is 1.91. The van der Waals surface area contributed by atoms with E-state index in [1.807, 2.05) is 25.7 Å². The number of nitrogens with zero attached hydrogens (tertiary/aromatic N) is 4. The average Bonchev–Trinajstić information content (AvgIpc) is 3.42. The fraction of sp³-hybridized carbons (Fsp3) is 0.517. The van der Waals surface area contributed by atoms with Crippen LogP contribution in [0, 0.1) is 5.41 Å². The normalized spacial score (nSPS) is 15.5. The number of likely N-dealkylation sites (tertiary alicyclic amines) is 1. The van der Waals surface area contributed by atoms with E-state index in [1.54, 1.807) is 25.4 Å². The molecule has 44 heavy (non-hydrogen) atoms. The SMILES string of the molecule is C=C(/N=C\C(=C/N)c1cc(COS(C)(=O)=O)c2sc(N(CNC)C(=O)NCC)nc2c1)N1CCC(CC)(C(=O)OCC)CC1. The van der Waals surface area contributed by atoms with Crippen molar-refractivity contribution in [2.75, 3.05) is 51.1 Å². The monoisotopic (exact) mass is 649 g/mol. The number of amides is 2. The minimum Gasteiger partial charge on any atom is -0.466 e. The number of anilines is 1. The van der Waals surface area contributed by atoms with Gasteiger partial charge in [0.15, 0.2) is 5.13 Å². The van der Waals surface area contributed by atoms with Gasteiger partial charge in [0.25, 0.3) is 10.1 Å². The van der Waals surface area contributed by atoms with Crippen LogP contribution in [-0.4, -0.2) is 82.7 Å². The molecular weight excluding hydrogens is 606 g/mol. The number of allylic oxidation sites excluding steroid dienone is 1. The van der Waals surface area contributed by atoms with E-state index >= 15 is 0 Å². The first-order valence-electron chi connectivity index (χ1n) is 14.5. The number of thiazole rings is 1. The van der Waals surface area contributed by atoms with Crippen molar-refractivity contribution >= 4 is 60.6 Å². The Labute approximate surface area is 263 Å². The van der Waals surface area contributed by atoms with Crippen molar-refractivity contribution in [3.63, 3.8) is 0 Å². The molecule has 1 aliphatic heterocycles. The molecule has 13 nitrogen and oxygen atoms in total. The summed E-state index contributed by atoms with van der Waals surface area (Å²) in [6.07, 6.45) is 5.96. The first-order chi connectivity index (χ1) is 20.9. The number of aliphatic imine (C=N–C) groups is 1. The van der Waals surface area contributed by atoms with E-state index in [-0.39, 0.29) is 25.3 Å². The molecule has 0 unspecified atom stereocenters. The molecule has 1 aliphatic rings. The van der Waals surface area contributed by atoms with Crippen molar-refractivity contribution in [3.05, 3.63) is 41.9 Å². The van der Waals surface area contributed by atoms with Gasteiger partial charge in [-0.2, -0.15) is 8.42 Å². The van der Waals surface area contributed by atoms with Crippen molar-refractivity contribution in [2.24, 2.45) is 16.1 Å². The highest BCUT2D eigenvalue weighted by Crippen LogP contribution is 2.38. The topological polar surface area (TPSA) is 169 Å². The first-order valence-corrected chi connectivity index (χ1v) is 17.1. The largest absolute Gasteiger partial charge is 0.466 e. The average molecular weight is 650 g/mol. The lowest BCUT2D eigenvalue weighted by molar-refractivity contribution is -0.158. The Morgan fingerprint density at radius 1 is 1.27 bits per heavy atom. The molecular formula is C29H43N7O6S2. The molecule has 0 bridgehead atoms. The Kier molecular flexibility index (Phi) is 12.3. The Morgan fingerprint density at radius 2 is 1.98 bits per heavy atom. The van der Waals surface area contributed by atoms with Crippen LogP contribution < -0.4 is 21.3 Å². The van der Waals surface area contributed by atoms with Crippen LogP contribution in [0.2, 0.25) is 0 Å². The van der Waals surface area contributed by atoms with Crippen LogP contribution >= 0.6 is 11.3 Å². The van der Waals surface area contributed by atoms with E-state index in [4.69, 9.17) is 19.6 Å². The maximum atomic E-state index is 12.7. The molecule has 1 aromatic carbocycles. The van der Waals surface area contributed by atoms with Gasteiger partial charge in [0.05, 0.1) is 41.8 Å². The van der Waals surface area contributed by atoms with Crippen LogP contribution in [0.1, 0.15) is 51.2 Å². The second-order valence-corrected chi connectivity index (χ2v) is 13.0. The maximum Gasteiger partial charge on any atom is 0.324 e. The Morgan fingerprint density at radius 3 is 2.55 bits per heavy atom. The number of nitrogens with one attached hydrogen (secondary N) is 2. The lowest BCUT2D eigenvalue weighted by Crippen LogP contribution is -2.44. The highest BCUT2D eigenvalue weighted by Gasteiger charge is 2.41. The zero-order valence-electron chi connectivity index (χ0n) is 26.0. The van der Waals surface area contributed by atoms with Crippen molar-refractivity contribution in [2.45, 2.75) is 46.6 Å². The Hall–Kier alpha value is -3.53. The van der Waals surface area contributed by atoms with Crippen LogP contribution in [0.4, 0.5) is 9.93 Å². The van der Waals surface area contributed by atoms with Gasteiger partial charge in [-0.3, -0.25) is 13.9 Å². The van der Waals surface area contributed by atoms with Crippen molar-refractivity contribution in [1.82, 2.24) is 20.5 Å². The van der Waals surface area contributed by atoms with Gasteiger partial charge in [-0.25, -0.2) is 14.8 Å². The van der Waals surface area contributed by atoms with Gasteiger partial charge in [-0.05, 0) is 63.4 Å². The summed E-state index contributed by atoms with van der Waals surface area (Å²) < 4.78 is 34.8. The summed E-state index contributed by atoms with van der Waals surface area (Å²) in [4.78, 5) is 38.1. The van der Waals surface area contributed by atoms with E-state index < -0.39 is 15.5 Å². The highest BCUT2D eigenvalue weighted by atomic mass is 32.2. The molecule has 0 atom stereocenters. The summed E-state index contributed by atoms with van der Waals surface area (Å²) in [5.41, 5.74) is 7.81. The maximum absolute atomic E-state index is 12.7. The first kappa shape index (κ1) is 35.0. The summed E-state index contributed by atoms with van der Waals surface area (Å²) in [7, 11) is -2.01. The van der Waals surface area contributed by atoms with E-state index in [2.05, 4.69) is 22.2 Å². The van der Waals surface area contributed by atoms with Crippen LogP contribution in [-0.2, 0) is 30.4 Å². The smallest absolute Gasteiger partial charge is 0.324 e. The molecule has 3 rings (SSSR count). The number of hydrogen-bond donors (Lipinski definition) is 3. The summed E-state index contributed by atoms with van der Waals surface area (Å²) in [5.74, 6) is 0.376. The molecule has 2 aromatic rings. The molecule has 1 saturated heterocycles. The number of benzene rings is 1. The zero-order valence-corrected chi connectivity index (χ0v) is 27.6. The van der Waals surface area contributed by atoms with Crippen LogP contribution in [0.5, 0.6) is 0 Å². The number of carbonyl (C=O) groups excluding carboxylic acids is 2. The quantitative estimate of drug-likeness (QED) is 0.119. The van der Waals surface area contributed by atoms with Crippen molar-refractivity contribution < 1.29 is 26.9 Å². The predicted octanol–water partition coefficient (Wildman–Crippen LogP) is 3.38. The molecule has 1 aromatic heterocycles. The van der Waals surface area contributed by atoms with Crippen LogP contribution in [0.25, 0.3) is 15.8 Å². The highest BCUT2D eigenvalue weighted by molar-refractivity contribution is 7.85. The van der Waals surface area contributed by atoms with E-state index in [1.165, 1.54) is 22.4 Å². The van der Waals surface area contributed by atoms with Gasteiger partial charge in [-0.15, -0.1) is 0 Å². The molecule has 2 heterocycles. The fourth-order valence-electron chi connectivity index (χ4n) is 4.90. The number of hydrogen-bond acceptors (Lipinski definition) is 12. The predicted molar refractivity (Wildman–Crippen MR) is 175 cm³/mol. The van der Waals surface area contributed by atoms with E-state index in [9.17, 15) is 18.0 Å². The van der Waals surface area contributed by atoms with E-state index in [0.29, 0.717) is 83.4 Å².